The van der Waals surface area contributed by atoms with Crippen molar-refractivity contribution in [3.05, 3.63) is 65.0 Å². The van der Waals surface area contributed by atoms with Crippen molar-refractivity contribution < 1.29 is 14.6 Å². The lowest BCUT2D eigenvalue weighted by molar-refractivity contribution is 0.0954. The van der Waals surface area contributed by atoms with Crippen LogP contribution in [0.1, 0.15) is 15.2 Å². The molecule has 0 radical (unpaired) electrons. The molecule has 23 heavy (non-hydrogen) atoms. The summed E-state index contributed by atoms with van der Waals surface area (Å²) in [4.78, 5) is 13.0. The van der Waals surface area contributed by atoms with Crippen LogP contribution in [-0.4, -0.2) is 24.2 Å². The molecule has 0 saturated carbocycles. The molecule has 5 heteroatoms. The second-order valence-electron chi connectivity index (χ2n) is 5.01. The molecular formula is C18H17NO3S. The number of hydrogen-bond acceptors (Lipinski definition) is 4. The predicted octanol–water partition coefficient (Wildman–Crippen LogP) is 3.20. The van der Waals surface area contributed by atoms with Crippen LogP contribution in [-0.2, 0) is 6.54 Å². The smallest absolute Gasteiger partial charge is 0.261 e. The number of amides is 1. The van der Waals surface area contributed by atoms with E-state index < -0.39 is 0 Å². The van der Waals surface area contributed by atoms with Crippen LogP contribution >= 0.6 is 11.3 Å². The lowest BCUT2D eigenvalue weighted by atomic mass is 10.2. The molecule has 118 valence electrons. The van der Waals surface area contributed by atoms with Gasteiger partial charge in [0.25, 0.3) is 5.91 Å². The first-order valence-electron chi connectivity index (χ1n) is 7.36. The molecule has 1 amide bonds. The molecule has 0 saturated heterocycles. The van der Waals surface area contributed by atoms with E-state index in [0.29, 0.717) is 17.2 Å². The first-order chi connectivity index (χ1) is 11.3. The molecular weight excluding hydrogens is 310 g/mol. The normalized spacial score (nSPS) is 10.7. The number of thiophene rings is 1. The zero-order valence-electron chi connectivity index (χ0n) is 12.5. The van der Waals surface area contributed by atoms with Crippen LogP contribution in [0.3, 0.4) is 0 Å². The van der Waals surface area contributed by atoms with Gasteiger partial charge in [0.1, 0.15) is 12.4 Å². The third kappa shape index (κ3) is 3.70. The second-order valence-corrected chi connectivity index (χ2v) is 6.09. The van der Waals surface area contributed by atoms with Crippen LogP contribution in [0.2, 0.25) is 0 Å². The number of rotatable bonds is 6. The van der Waals surface area contributed by atoms with E-state index >= 15 is 0 Å². The number of carbonyl (C=O) groups excluding carboxylic acids is 1. The lowest BCUT2D eigenvalue weighted by Crippen LogP contribution is -2.22. The van der Waals surface area contributed by atoms with Gasteiger partial charge < -0.3 is 15.2 Å². The SMILES string of the molecule is O=C(NCc1ccccc1OCCO)c1cc2ccccc2s1. The third-order valence-corrected chi connectivity index (χ3v) is 4.53. The summed E-state index contributed by atoms with van der Waals surface area (Å²) < 4.78 is 6.57. The molecule has 4 nitrogen and oxygen atoms in total. The summed E-state index contributed by atoms with van der Waals surface area (Å²) in [6, 6.07) is 17.3. The summed E-state index contributed by atoms with van der Waals surface area (Å²) in [5, 5.41) is 12.9. The van der Waals surface area contributed by atoms with E-state index in [4.69, 9.17) is 9.84 Å². The van der Waals surface area contributed by atoms with Crippen molar-refractivity contribution in [1.29, 1.82) is 0 Å². The summed E-state index contributed by atoms with van der Waals surface area (Å²) in [7, 11) is 0. The number of aliphatic hydroxyl groups is 1. The Morgan fingerprint density at radius 3 is 2.74 bits per heavy atom. The fourth-order valence-corrected chi connectivity index (χ4v) is 3.28. The fourth-order valence-electron chi connectivity index (χ4n) is 2.30. The van der Waals surface area contributed by atoms with Gasteiger partial charge in [-0.3, -0.25) is 4.79 Å². The van der Waals surface area contributed by atoms with Gasteiger partial charge in [-0.1, -0.05) is 36.4 Å². The van der Waals surface area contributed by atoms with Crippen LogP contribution in [0.4, 0.5) is 0 Å². The van der Waals surface area contributed by atoms with Crippen LogP contribution in [0.5, 0.6) is 5.75 Å². The van der Waals surface area contributed by atoms with Crippen LogP contribution in [0.25, 0.3) is 10.1 Å². The Morgan fingerprint density at radius 1 is 1.13 bits per heavy atom. The summed E-state index contributed by atoms with van der Waals surface area (Å²) in [5.74, 6) is 0.585. The molecule has 0 aliphatic carbocycles. The standard InChI is InChI=1S/C18H17NO3S/c20-9-10-22-15-7-3-1-6-14(15)12-19-18(21)17-11-13-5-2-4-8-16(13)23-17/h1-8,11,20H,9-10,12H2,(H,19,21). The van der Waals surface area contributed by atoms with Gasteiger partial charge in [-0.2, -0.15) is 0 Å². The third-order valence-electron chi connectivity index (χ3n) is 3.41. The van der Waals surface area contributed by atoms with Crippen LogP contribution in [0.15, 0.2) is 54.6 Å². The minimum atomic E-state index is -0.0943. The molecule has 0 atom stereocenters. The molecule has 0 fully saturated rings. The summed E-state index contributed by atoms with van der Waals surface area (Å²) in [5.41, 5.74) is 0.885. The molecule has 3 rings (SSSR count). The van der Waals surface area contributed by atoms with Gasteiger partial charge in [-0.25, -0.2) is 0 Å². The summed E-state index contributed by atoms with van der Waals surface area (Å²) in [6.45, 7) is 0.582. The zero-order valence-corrected chi connectivity index (χ0v) is 13.3. The minimum Gasteiger partial charge on any atom is -0.491 e. The lowest BCUT2D eigenvalue weighted by Gasteiger charge is -2.11. The first-order valence-corrected chi connectivity index (χ1v) is 8.18. The number of nitrogens with one attached hydrogen (secondary N) is 1. The number of hydrogen-bond donors (Lipinski definition) is 2. The minimum absolute atomic E-state index is 0.0392. The molecule has 1 heterocycles. The van der Waals surface area contributed by atoms with Gasteiger partial charge in [-0.05, 0) is 23.6 Å². The monoisotopic (exact) mass is 327 g/mol. The van der Waals surface area contributed by atoms with Gasteiger partial charge in [0.2, 0.25) is 0 Å². The molecule has 0 aliphatic heterocycles. The van der Waals surface area contributed by atoms with Gasteiger partial charge in [0, 0.05) is 16.8 Å². The highest BCUT2D eigenvalue weighted by Gasteiger charge is 2.11. The van der Waals surface area contributed by atoms with Crippen molar-refractivity contribution in [2.45, 2.75) is 6.54 Å². The highest BCUT2D eigenvalue weighted by Crippen LogP contribution is 2.25. The average molecular weight is 327 g/mol. The molecule has 0 bridgehead atoms. The Morgan fingerprint density at radius 2 is 1.91 bits per heavy atom. The quantitative estimate of drug-likeness (QED) is 0.731. The Bertz CT molecular complexity index is 780. The van der Waals surface area contributed by atoms with E-state index in [1.54, 1.807) is 0 Å². The molecule has 0 aliphatic rings. The number of aliphatic hydroxyl groups excluding tert-OH is 1. The summed E-state index contributed by atoms with van der Waals surface area (Å²) >= 11 is 1.48. The molecule has 1 aromatic heterocycles. The number of benzene rings is 2. The molecule has 0 unspecified atom stereocenters. The Kier molecular flexibility index (Phi) is 4.90. The maximum atomic E-state index is 12.3. The highest BCUT2D eigenvalue weighted by molar-refractivity contribution is 7.20. The largest absolute Gasteiger partial charge is 0.491 e. The molecule has 2 aromatic carbocycles. The van der Waals surface area contributed by atoms with Crippen molar-refractivity contribution in [2.24, 2.45) is 0 Å². The topological polar surface area (TPSA) is 58.6 Å². The van der Waals surface area contributed by atoms with E-state index in [2.05, 4.69) is 5.32 Å². The van der Waals surface area contributed by atoms with Gasteiger partial charge in [0.05, 0.1) is 11.5 Å². The molecule has 0 spiro atoms. The Hall–Kier alpha value is -2.37. The predicted molar refractivity (Wildman–Crippen MR) is 92.0 cm³/mol. The number of fused-ring (bicyclic) bond motifs is 1. The van der Waals surface area contributed by atoms with Gasteiger partial charge in [-0.15, -0.1) is 11.3 Å². The maximum absolute atomic E-state index is 12.3. The van der Waals surface area contributed by atoms with Crippen LogP contribution in [0, 0.1) is 0 Å². The fraction of sp³-hybridized carbons (Fsp3) is 0.167. The van der Waals surface area contributed by atoms with E-state index in [-0.39, 0.29) is 19.1 Å². The van der Waals surface area contributed by atoms with Crippen molar-refractivity contribution >= 4 is 27.3 Å². The first kappa shape index (κ1) is 15.5. The summed E-state index contributed by atoms with van der Waals surface area (Å²) in [6.07, 6.45) is 0. The van der Waals surface area contributed by atoms with Crippen molar-refractivity contribution in [2.75, 3.05) is 13.2 Å². The number of carbonyl (C=O) groups is 1. The van der Waals surface area contributed by atoms with E-state index in [9.17, 15) is 4.79 Å². The zero-order chi connectivity index (χ0) is 16.1. The van der Waals surface area contributed by atoms with Gasteiger partial charge in [0.15, 0.2) is 0 Å². The van der Waals surface area contributed by atoms with Gasteiger partial charge >= 0.3 is 0 Å². The van der Waals surface area contributed by atoms with Crippen molar-refractivity contribution in [3.63, 3.8) is 0 Å². The number of para-hydroxylation sites is 1. The van der Waals surface area contributed by atoms with E-state index in [1.165, 1.54) is 11.3 Å². The van der Waals surface area contributed by atoms with Crippen molar-refractivity contribution in [3.8, 4) is 5.75 Å². The highest BCUT2D eigenvalue weighted by atomic mass is 32.1. The van der Waals surface area contributed by atoms with E-state index in [0.717, 1.165) is 15.6 Å². The Balaban J connectivity index is 1.69. The molecule has 2 N–H and O–H groups in total. The van der Waals surface area contributed by atoms with Crippen molar-refractivity contribution in [1.82, 2.24) is 5.32 Å². The Labute approximate surface area is 138 Å². The number of ether oxygens (including phenoxy) is 1. The van der Waals surface area contributed by atoms with E-state index in [1.807, 2.05) is 54.6 Å². The molecule has 3 aromatic rings. The maximum Gasteiger partial charge on any atom is 0.261 e. The average Bonchev–Trinajstić information content (AvgIpc) is 3.02. The van der Waals surface area contributed by atoms with Crippen LogP contribution < -0.4 is 10.1 Å². The second kappa shape index (κ2) is 7.26.